The third kappa shape index (κ3) is 2.44. The molecule has 0 aliphatic carbocycles. The van der Waals surface area contributed by atoms with Crippen LogP contribution in [0.1, 0.15) is 30.1 Å². The summed E-state index contributed by atoms with van der Waals surface area (Å²) in [7, 11) is 0. The molecule has 18 heavy (non-hydrogen) atoms. The van der Waals surface area contributed by atoms with E-state index in [2.05, 4.69) is 0 Å². The van der Waals surface area contributed by atoms with Crippen LogP contribution in [0.5, 0.6) is 0 Å². The minimum absolute atomic E-state index is 0.0412. The first-order chi connectivity index (χ1) is 8.63. The van der Waals surface area contributed by atoms with Gasteiger partial charge in [-0.25, -0.2) is 13.6 Å². The topological polar surface area (TPSA) is 29.5 Å². The Balaban J connectivity index is 2.31. The van der Waals surface area contributed by atoms with Gasteiger partial charge in [-0.15, -0.1) is 0 Å². The average Bonchev–Trinajstić information content (AvgIpc) is 2.82. The maximum atomic E-state index is 13.9. The maximum absolute atomic E-state index is 13.9. The van der Waals surface area contributed by atoms with Gasteiger partial charge in [0.05, 0.1) is 12.2 Å². The fourth-order valence-electron chi connectivity index (χ4n) is 2.14. The van der Waals surface area contributed by atoms with E-state index in [1.807, 2.05) is 0 Å². The van der Waals surface area contributed by atoms with E-state index < -0.39 is 17.6 Å². The molecule has 1 aliphatic rings. The fraction of sp³-hybridized carbons (Fsp3) is 0.462. The van der Waals surface area contributed by atoms with Crippen LogP contribution in [0.3, 0.4) is 0 Å². The Labute approximate surface area is 104 Å². The fourth-order valence-corrected chi connectivity index (χ4v) is 2.14. The molecule has 0 saturated carbocycles. The zero-order valence-corrected chi connectivity index (χ0v) is 10.2. The highest BCUT2D eigenvalue weighted by Crippen LogP contribution is 2.28. The van der Waals surface area contributed by atoms with Crippen LogP contribution in [0.2, 0.25) is 0 Å². The zero-order valence-electron chi connectivity index (χ0n) is 10.2. The van der Waals surface area contributed by atoms with Crippen molar-refractivity contribution in [2.75, 3.05) is 24.6 Å². The molecule has 0 amide bonds. The minimum Gasteiger partial charge on any atom is -0.462 e. The highest BCUT2D eigenvalue weighted by molar-refractivity contribution is 5.90. The molecular formula is C13H15F2NO2. The van der Waals surface area contributed by atoms with Crippen molar-refractivity contribution in [3.05, 3.63) is 29.3 Å². The van der Waals surface area contributed by atoms with E-state index in [1.165, 1.54) is 0 Å². The summed E-state index contributed by atoms with van der Waals surface area (Å²) in [6.45, 7) is 3.11. The molecule has 1 fully saturated rings. The summed E-state index contributed by atoms with van der Waals surface area (Å²) in [5.74, 6) is -2.12. The summed E-state index contributed by atoms with van der Waals surface area (Å²) in [6, 6.07) is 2.07. The normalized spacial score (nSPS) is 14.9. The number of rotatable bonds is 3. The molecule has 2 rings (SSSR count). The predicted molar refractivity (Wildman–Crippen MR) is 63.8 cm³/mol. The van der Waals surface area contributed by atoms with Crippen molar-refractivity contribution < 1.29 is 18.3 Å². The molecule has 1 saturated heterocycles. The number of nitrogens with zero attached hydrogens (tertiary/aromatic N) is 1. The van der Waals surface area contributed by atoms with Crippen molar-refractivity contribution in [2.45, 2.75) is 19.8 Å². The standard InChI is InChI=1S/C13H15F2NO2/c1-2-18-13(17)9-7-10(14)12(11(15)8-9)16-5-3-4-6-16/h7-8H,2-6H2,1H3. The van der Waals surface area contributed by atoms with E-state index in [0.29, 0.717) is 13.1 Å². The third-order valence-electron chi connectivity index (χ3n) is 2.95. The third-order valence-corrected chi connectivity index (χ3v) is 2.95. The maximum Gasteiger partial charge on any atom is 0.338 e. The van der Waals surface area contributed by atoms with E-state index in [0.717, 1.165) is 25.0 Å². The van der Waals surface area contributed by atoms with E-state index in [-0.39, 0.29) is 17.9 Å². The molecule has 3 nitrogen and oxygen atoms in total. The molecule has 5 heteroatoms. The van der Waals surface area contributed by atoms with Crippen molar-refractivity contribution in [1.29, 1.82) is 0 Å². The Morgan fingerprint density at radius 3 is 2.33 bits per heavy atom. The average molecular weight is 255 g/mol. The zero-order chi connectivity index (χ0) is 13.1. The van der Waals surface area contributed by atoms with Crippen molar-refractivity contribution in [3.8, 4) is 0 Å². The SMILES string of the molecule is CCOC(=O)c1cc(F)c(N2CCCC2)c(F)c1. The lowest BCUT2D eigenvalue weighted by atomic mass is 10.1. The number of carbonyl (C=O) groups is 1. The molecule has 0 spiro atoms. The van der Waals surface area contributed by atoms with Gasteiger partial charge >= 0.3 is 5.97 Å². The van der Waals surface area contributed by atoms with Gasteiger partial charge in [0.1, 0.15) is 17.3 Å². The van der Waals surface area contributed by atoms with Crippen molar-refractivity contribution in [2.24, 2.45) is 0 Å². The largest absolute Gasteiger partial charge is 0.462 e. The van der Waals surface area contributed by atoms with E-state index >= 15 is 0 Å². The van der Waals surface area contributed by atoms with Gasteiger partial charge in [0, 0.05) is 13.1 Å². The monoisotopic (exact) mass is 255 g/mol. The highest BCUT2D eigenvalue weighted by atomic mass is 19.1. The molecule has 0 atom stereocenters. The van der Waals surface area contributed by atoms with Gasteiger partial charge in [-0.1, -0.05) is 0 Å². The van der Waals surface area contributed by atoms with Crippen LogP contribution >= 0.6 is 0 Å². The van der Waals surface area contributed by atoms with Gasteiger partial charge < -0.3 is 9.64 Å². The first-order valence-corrected chi connectivity index (χ1v) is 6.04. The van der Waals surface area contributed by atoms with Gasteiger partial charge in [-0.05, 0) is 31.9 Å². The number of anilines is 1. The van der Waals surface area contributed by atoms with Crippen molar-refractivity contribution in [3.63, 3.8) is 0 Å². The number of ether oxygens (including phenoxy) is 1. The molecular weight excluding hydrogens is 240 g/mol. The predicted octanol–water partition coefficient (Wildman–Crippen LogP) is 2.74. The summed E-state index contributed by atoms with van der Waals surface area (Å²) >= 11 is 0. The van der Waals surface area contributed by atoms with Crippen molar-refractivity contribution >= 4 is 11.7 Å². The highest BCUT2D eigenvalue weighted by Gasteiger charge is 2.22. The number of carbonyl (C=O) groups excluding carboxylic acids is 1. The van der Waals surface area contributed by atoms with E-state index in [4.69, 9.17) is 4.74 Å². The Kier molecular flexibility index (Phi) is 3.79. The second kappa shape index (κ2) is 5.33. The second-order valence-corrected chi connectivity index (χ2v) is 4.20. The molecule has 1 aliphatic heterocycles. The lowest BCUT2D eigenvalue weighted by molar-refractivity contribution is 0.0525. The summed E-state index contributed by atoms with van der Waals surface area (Å²) < 4.78 is 32.5. The second-order valence-electron chi connectivity index (χ2n) is 4.20. The van der Waals surface area contributed by atoms with Crippen LogP contribution in [0.25, 0.3) is 0 Å². The number of benzene rings is 1. The Morgan fingerprint density at radius 2 is 1.83 bits per heavy atom. The number of hydrogen-bond donors (Lipinski definition) is 0. The smallest absolute Gasteiger partial charge is 0.338 e. The molecule has 0 unspecified atom stereocenters. The first-order valence-electron chi connectivity index (χ1n) is 6.04. The molecule has 0 bridgehead atoms. The van der Waals surface area contributed by atoms with Crippen LogP contribution in [0.15, 0.2) is 12.1 Å². The van der Waals surface area contributed by atoms with Crippen LogP contribution in [0, 0.1) is 11.6 Å². The summed E-state index contributed by atoms with van der Waals surface area (Å²) in [6.07, 6.45) is 1.86. The summed E-state index contributed by atoms with van der Waals surface area (Å²) in [5.41, 5.74) is -0.129. The molecule has 1 heterocycles. The number of halogens is 2. The minimum atomic E-state index is -0.708. The molecule has 0 radical (unpaired) electrons. The lowest BCUT2D eigenvalue weighted by Gasteiger charge is -2.19. The van der Waals surface area contributed by atoms with Gasteiger partial charge in [0.2, 0.25) is 0 Å². The molecule has 98 valence electrons. The summed E-state index contributed by atoms with van der Waals surface area (Å²) in [4.78, 5) is 13.1. The van der Waals surface area contributed by atoms with Crippen LogP contribution < -0.4 is 4.90 Å². The number of esters is 1. The Bertz CT molecular complexity index is 433. The van der Waals surface area contributed by atoms with E-state index in [9.17, 15) is 13.6 Å². The lowest BCUT2D eigenvalue weighted by Crippen LogP contribution is -2.21. The molecule has 1 aromatic rings. The van der Waals surface area contributed by atoms with E-state index in [1.54, 1.807) is 11.8 Å². The quantitative estimate of drug-likeness (QED) is 0.778. The molecule has 0 N–H and O–H groups in total. The van der Waals surface area contributed by atoms with Crippen LogP contribution in [-0.4, -0.2) is 25.7 Å². The van der Waals surface area contributed by atoms with Gasteiger partial charge in [-0.3, -0.25) is 0 Å². The first kappa shape index (κ1) is 12.8. The molecule has 0 aromatic heterocycles. The van der Waals surface area contributed by atoms with Gasteiger partial charge in [-0.2, -0.15) is 0 Å². The number of hydrogen-bond acceptors (Lipinski definition) is 3. The van der Waals surface area contributed by atoms with Crippen molar-refractivity contribution in [1.82, 2.24) is 0 Å². The van der Waals surface area contributed by atoms with Gasteiger partial charge in [0.25, 0.3) is 0 Å². The Hall–Kier alpha value is -1.65. The van der Waals surface area contributed by atoms with Gasteiger partial charge in [0.15, 0.2) is 0 Å². The summed E-state index contributed by atoms with van der Waals surface area (Å²) in [5, 5.41) is 0. The Morgan fingerprint density at radius 1 is 1.28 bits per heavy atom. The molecule has 1 aromatic carbocycles. The van der Waals surface area contributed by atoms with Crippen LogP contribution in [0.4, 0.5) is 14.5 Å². The van der Waals surface area contributed by atoms with Crippen LogP contribution in [-0.2, 0) is 4.74 Å².